The lowest BCUT2D eigenvalue weighted by atomic mass is 9.94. The van der Waals surface area contributed by atoms with Crippen LogP contribution >= 0.6 is 0 Å². The molecule has 0 aromatic heterocycles. The zero-order valence-corrected chi connectivity index (χ0v) is 21.2. The number of benzene rings is 2. The van der Waals surface area contributed by atoms with Crippen molar-refractivity contribution in [3.8, 4) is 0 Å². The maximum atomic E-state index is 12.0. The lowest BCUT2D eigenvalue weighted by Gasteiger charge is -2.13. The van der Waals surface area contributed by atoms with E-state index in [2.05, 4.69) is 26.0 Å². The van der Waals surface area contributed by atoms with Crippen LogP contribution < -0.4 is 0 Å². The van der Waals surface area contributed by atoms with Gasteiger partial charge in [-0.2, -0.15) is 8.42 Å². The first-order chi connectivity index (χ1) is 15.5. The van der Waals surface area contributed by atoms with Gasteiger partial charge in [-0.05, 0) is 48.3 Å². The van der Waals surface area contributed by atoms with Crippen LogP contribution in [0.25, 0.3) is 10.8 Å². The zero-order chi connectivity index (χ0) is 23.2. The lowest BCUT2D eigenvalue weighted by Crippen LogP contribution is -2.02. The number of unbranched alkanes of at least 4 members (excludes halogenated alkanes) is 12. The van der Waals surface area contributed by atoms with Crippen molar-refractivity contribution in [1.29, 1.82) is 0 Å². The highest BCUT2D eigenvalue weighted by molar-refractivity contribution is 7.86. The predicted octanol–water partition coefficient (Wildman–Crippen LogP) is 8.67. The SMILES string of the molecule is CCCCCCCCCc1cc(CCCCCCCCC)c2c(S(=O)(=O)O)cccc2c1. The molecule has 2 rings (SSSR count). The highest BCUT2D eigenvalue weighted by Crippen LogP contribution is 2.30. The van der Waals surface area contributed by atoms with E-state index in [-0.39, 0.29) is 4.90 Å². The minimum Gasteiger partial charge on any atom is -0.282 e. The first-order valence-corrected chi connectivity index (χ1v) is 14.4. The zero-order valence-electron chi connectivity index (χ0n) is 20.4. The third-order valence-electron chi connectivity index (χ3n) is 6.48. The molecule has 1 N–H and O–H groups in total. The number of hydrogen-bond donors (Lipinski definition) is 1. The third kappa shape index (κ3) is 9.23. The number of rotatable bonds is 17. The molecule has 2 aromatic carbocycles. The Hall–Kier alpha value is -1.39. The van der Waals surface area contributed by atoms with Gasteiger partial charge in [0.2, 0.25) is 0 Å². The molecule has 0 spiro atoms. The molecule has 0 radical (unpaired) electrons. The molecule has 0 heterocycles. The van der Waals surface area contributed by atoms with Crippen molar-refractivity contribution >= 4 is 20.9 Å². The summed E-state index contributed by atoms with van der Waals surface area (Å²) >= 11 is 0. The molecule has 0 amide bonds. The second-order valence-electron chi connectivity index (χ2n) is 9.33. The standard InChI is InChI=1S/C28H44O3S/c1-3-5-7-9-11-13-15-18-24-22-25(19-16-14-12-10-8-6-4-2)28-26(23-24)20-17-21-27(28)32(29,30)31/h17,20-23H,3-16,18-19H2,1-2H3,(H,29,30,31). The fraction of sp³-hybridized carbons (Fsp3) is 0.643. The Bertz CT molecular complexity index is 902. The molecule has 0 bridgehead atoms. The van der Waals surface area contributed by atoms with Gasteiger partial charge < -0.3 is 0 Å². The van der Waals surface area contributed by atoms with Crippen LogP contribution in [0.5, 0.6) is 0 Å². The van der Waals surface area contributed by atoms with Gasteiger partial charge in [-0.1, -0.05) is 115 Å². The Kier molecular flexibility index (Phi) is 12.3. The fourth-order valence-corrected chi connectivity index (χ4v) is 5.42. The molecule has 3 nitrogen and oxygen atoms in total. The quantitative estimate of drug-likeness (QED) is 0.190. The van der Waals surface area contributed by atoms with E-state index >= 15 is 0 Å². The third-order valence-corrected chi connectivity index (χ3v) is 7.37. The largest absolute Gasteiger partial charge is 0.295 e. The Balaban J connectivity index is 2.09. The Labute approximate surface area is 196 Å². The van der Waals surface area contributed by atoms with E-state index in [9.17, 15) is 13.0 Å². The maximum Gasteiger partial charge on any atom is 0.295 e. The van der Waals surface area contributed by atoms with Gasteiger partial charge in [-0.25, -0.2) is 0 Å². The molecule has 0 aliphatic heterocycles. The van der Waals surface area contributed by atoms with Gasteiger partial charge in [0.15, 0.2) is 0 Å². The van der Waals surface area contributed by atoms with E-state index in [0.717, 1.165) is 30.2 Å². The number of fused-ring (bicyclic) bond motifs is 1. The molecule has 0 saturated heterocycles. The summed E-state index contributed by atoms with van der Waals surface area (Å²) in [6.07, 6.45) is 19.5. The molecule has 32 heavy (non-hydrogen) atoms. The molecular formula is C28H44O3S. The summed E-state index contributed by atoms with van der Waals surface area (Å²) in [6.45, 7) is 4.48. The predicted molar refractivity (Wildman–Crippen MR) is 137 cm³/mol. The molecule has 0 saturated carbocycles. The molecule has 0 unspecified atom stereocenters. The monoisotopic (exact) mass is 460 g/mol. The van der Waals surface area contributed by atoms with Gasteiger partial charge in [0.25, 0.3) is 10.1 Å². The van der Waals surface area contributed by atoms with Gasteiger partial charge in [-0.3, -0.25) is 4.55 Å². The first kappa shape index (κ1) is 26.9. The highest BCUT2D eigenvalue weighted by atomic mass is 32.2. The van der Waals surface area contributed by atoms with Crippen LogP contribution in [-0.4, -0.2) is 13.0 Å². The average molecular weight is 461 g/mol. The van der Waals surface area contributed by atoms with Gasteiger partial charge >= 0.3 is 0 Å². The van der Waals surface area contributed by atoms with E-state index in [4.69, 9.17) is 0 Å². The maximum absolute atomic E-state index is 12.0. The van der Waals surface area contributed by atoms with Gasteiger partial charge in [0.1, 0.15) is 4.90 Å². The Morgan fingerprint density at radius 3 is 1.78 bits per heavy atom. The molecule has 2 aromatic rings. The van der Waals surface area contributed by atoms with Crippen LogP contribution in [0.15, 0.2) is 35.2 Å². The van der Waals surface area contributed by atoms with E-state index < -0.39 is 10.1 Å². The number of hydrogen-bond acceptors (Lipinski definition) is 2. The summed E-state index contributed by atoms with van der Waals surface area (Å²) in [7, 11) is -4.24. The summed E-state index contributed by atoms with van der Waals surface area (Å²) in [5.74, 6) is 0. The highest BCUT2D eigenvalue weighted by Gasteiger charge is 2.17. The van der Waals surface area contributed by atoms with Crippen molar-refractivity contribution in [2.75, 3.05) is 0 Å². The van der Waals surface area contributed by atoms with E-state index in [1.165, 1.54) is 95.1 Å². The minimum atomic E-state index is -4.24. The molecule has 4 heteroatoms. The van der Waals surface area contributed by atoms with Crippen molar-refractivity contribution < 1.29 is 13.0 Å². The van der Waals surface area contributed by atoms with Gasteiger partial charge in [-0.15, -0.1) is 0 Å². The molecule has 0 aliphatic rings. The fourth-order valence-electron chi connectivity index (χ4n) is 4.66. The van der Waals surface area contributed by atoms with Crippen LogP contribution in [0.1, 0.15) is 115 Å². The van der Waals surface area contributed by atoms with Crippen molar-refractivity contribution in [1.82, 2.24) is 0 Å². The van der Waals surface area contributed by atoms with E-state index in [0.29, 0.717) is 5.39 Å². The minimum absolute atomic E-state index is 0.0513. The smallest absolute Gasteiger partial charge is 0.282 e. The molecule has 0 aliphatic carbocycles. The number of aryl methyl sites for hydroxylation is 2. The van der Waals surface area contributed by atoms with Crippen LogP contribution in [0.2, 0.25) is 0 Å². The second kappa shape index (κ2) is 14.7. The van der Waals surface area contributed by atoms with E-state index in [1.54, 1.807) is 6.07 Å². The summed E-state index contributed by atoms with van der Waals surface area (Å²) in [6, 6.07) is 9.56. The normalized spacial score (nSPS) is 12.0. The molecular weight excluding hydrogens is 416 g/mol. The topological polar surface area (TPSA) is 54.4 Å². The molecule has 0 fully saturated rings. The van der Waals surface area contributed by atoms with Crippen molar-refractivity contribution in [3.05, 3.63) is 41.5 Å². The molecule has 180 valence electrons. The second-order valence-corrected chi connectivity index (χ2v) is 10.7. The summed E-state index contributed by atoms with van der Waals surface area (Å²) in [4.78, 5) is 0.0513. The molecule has 0 atom stereocenters. The van der Waals surface area contributed by atoms with Gasteiger partial charge in [0.05, 0.1) is 0 Å². The van der Waals surface area contributed by atoms with E-state index in [1.807, 2.05) is 6.07 Å². The van der Waals surface area contributed by atoms with Gasteiger partial charge in [0, 0.05) is 5.39 Å². The van der Waals surface area contributed by atoms with Crippen LogP contribution in [0, 0.1) is 0 Å². The first-order valence-electron chi connectivity index (χ1n) is 13.0. The Morgan fingerprint density at radius 2 is 1.22 bits per heavy atom. The summed E-state index contributed by atoms with van der Waals surface area (Å²) in [5.41, 5.74) is 2.36. The lowest BCUT2D eigenvalue weighted by molar-refractivity contribution is 0.484. The van der Waals surface area contributed by atoms with Crippen LogP contribution in [0.3, 0.4) is 0 Å². The van der Waals surface area contributed by atoms with Crippen molar-refractivity contribution in [2.45, 2.75) is 121 Å². The van der Waals surface area contributed by atoms with Crippen molar-refractivity contribution in [2.24, 2.45) is 0 Å². The van der Waals surface area contributed by atoms with Crippen LogP contribution in [-0.2, 0) is 23.0 Å². The summed E-state index contributed by atoms with van der Waals surface area (Å²) < 4.78 is 33.9. The van der Waals surface area contributed by atoms with Crippen molar-refractivity contribution in [3.63, 3.8) is 0 Å². The van der Waals surface area contributed by atoms with Crippen LogP contribution in [0.4, 0.5) is 0 Å². The average Bonchev–Trinajstić information content (AvgIpc) is 2.76. The Morgan fingerprint density at radius 1 is 0.688 bits per heavy atom. The summed E-state index contributed by atoms with van der Waals surface area (Å²) in [5, 5.41) is 1.64.